The Hall–Kier alpha value is -1.80. The average Bonchev–Trinajstić information content (AvgIpc) is 2.95. The topological polar surface area (TPSA) is 15.3 Å². The molecule has 2 heteroatoms. The molecule has 1 N–H and O–H groups in total. The van der Waals surface area contributed by atoms with Crippen LogP contribution in [0.3, 0.4) is 0 Å². The minimum absolute atomic E-state index is 0.539. The van der Waals surface area contributed by atoms with Crippen LogP contribution < -0.4 is 5.32 Å². The van der Waals surface area contributed by atoms with E-state index in [1.807, 2.05) is 0 Å². The minimum atomic E-state index is 0.539. The van der Waals surface area contributed by atoms with Crippen LogP contribution in [0.1, 0.15) is 23.6 Å². The quantitative estimate of drug-likeness (QED) is 0.898. The van der Waals surface area contributed by atoms with E-state index in [0.29, 0.717) is 6.04 Å². The summed E-state index contributed by atoms with van der Waals surface area (Å²) in [5.74, 6) is 0. The molecule has 1 aliphatic rings. The van der Waals surface area contributed by atoms with Gasteiger partial charge in [-0.2, -0.15) is 0 Å². The van der Waals surface area contributed by atoms with E-state index in [2.05, 4.69) is 72.7 Å². The van der Waals surface area contributed by atoms with Crippen LogP contribution in [0.5, 0.6) is 0 Å². The Morgan fingerprint density at radius 1 is 1.10 bits per heavy atom. The molecule has 21 heavy (non-hydrogen) atoms. The molecule has 0 aliphatic carbocycles. The van der Waals surface area contributed by atoms with Gasteiger partial charge in [-0.1, -0.05) is 42.5 Å². The second kappa shape index (κ2) is 6.31. The molecule has 0 fully saturated rings. The lowest BCUT2D eigenvalue weighted by Gasteiger charge is -2.25. The standard InChI is InChI=1S/C19H24N2/c1-15(21(2)14-16-6-4-3-5-7-16)12-17-8-9-19-18(13-17)10-11-20-19/h3-9,13,15,20H,10-12,14H2,1-2H3. The fourth-order valence-electron chi connectivity index (χ4n) is 3.01. The van der Waals surface area contributed by atoms with Crippen molar-refractivity contribution < 1.29 is 0 Å². The summed E-state index contributed by atoms with van der Waals surface area (Å²) in [6.45, 7) is 4.41. The zero-order valence-electron chi connectivity index (χ0n) is 13.0. The summed E-state index contributed by atoms with van der Waals surface area (Å²) in [5, 5.41) is 3.43. The number of nitrogens with zero attached hydrogens (tertiary/aromatic N) is 1. The number of likely N-dealkylation sites (N-methyl/N-ethyl adjacent to an activating group) is 1. The smallest absolute Gasteiger partial charge is 0.0373 e. The highest BCUT2D eigenvalue weighted by molar-refractivity contribution is 5.56. The van der Waals surface area contributed by atoms with E-state index >= 15 is 0 Å². The molecule has 0 bridgehead atoms. The van der Waals surface area contributed by atoms with Crippen molar-refractivity contribution in [1.29, 1.82) is 0 Å². The monoisotopic (exact) mass is 280 g/mol. The Morgan fingerprint density at radius 2 is 1.90 bits per heavy atom. The first-order valence-corrected chi connectivity index (χ1v) is 7.82. The molecular formula is C19H24N2. The van der Waals surface area contributed by atoms with Crippen molar-refractivity contribution in [3.8, 4) is 0 Å². The largest absolute Gasteiger partial charge is 0.384 e. The van der Waals surface area contributed by atoms with Crippen LogP contribution >= 0.6 is 0 Å². The van der Waals surface area contributed by atoms with Gasteiger partial charge in [0.25, 0.3) is 0 Å². The second-order valence-electron chi connectivity index (χ2n) is 6.12. The number of nitrogens with one attached hydrogen (secondary N) is 1. The van der Waals surface area contributed by atoms with Crippen molar-refractivity contribution in [2.24, 2.45) is 0 Å². The second-order valence-corrected chi connectivity index (χ2v) is 6.12. The van der Waals surface area contributed by atoms with Crippen LogP contribution in [0.2, 0.25) is 0 Å². The van der Waals surface area contributed by atoms with Gasteiger partial charge in [-0.05, 0) is 49.6 Å². The highest BCUT2D eigenvalue weighted by Gasteiger charge is 2.14. The van der Waals surface area contributed by atoms with Crippen molar-refractivity contribution in [3.63, 3.8) is 0 Å². The maximum atomic E-state index is 3.43. The van der Waals surface area contributed by atoms with E-state index in [-0.39, 0.29) is 0 Å². The summed E-state index contributed by atoms with van der Waals surface area (Å²) >= 11 is 0. The van der Waals surface area contributed by atoms with E-state index in [4.69, 9.17) is 0 Å². The predicted molar refractivity (Wildman–Crippen MR) is 89.7 cm³/mol. The molecule has 1 atom stereocenters. The molecule has 0 spiro atoms. The Bertz CT molecular complexity index is 592. The highest BCUT2D eigenvalue weighted by atomic mass is 15.1. The Labute approximate surface area is 127 Å². The molecule has 0 saturated heterocycles. The molecule has 0 saturated carbocycles. The van der Waals surface area contributed by atoms with Gasteiger partial charge in [0.05, 0.1) is 0 Å². The summed E-state index contributed by atoms with van der Waals surface area (Å²) < 4.78 is 0. The summed E-state index contributed by atoms with van der Waals surface area (Å²) in [4.78, 5) is 2.43. The zero-order chi connectivity index (χ0) is 14.7. The van der Waals surface area contributed by atoms with E-state index < -0.39 is 0 Å². The fourth-order valence-corrected chi connectivity index (χ4v) is 3.01. The summed E-state index contributed by atoms with van der Waals surface area (Å²) in [6.07, 6.45) is 2.27. The Balaban J connectivity index is 1.61. The number of rotatable bonds is 5. The highest BCUT2D eigenvalue weighted by Crippen LogP contribution is 2.24. The van der Waals surface area contributed by atoms with Gasteiger partial charge in [-0.15, -0.1) is 0 Å². The number of hydrogen-bond donors (Lipinski definition) is 1. The van der Waals surface area contributed by atoms with Gasteiger partial charge < -0.3 is 5.32 Å². The van der Waals surface area contributed by atoms with Crippen LogP contribution in [-0.4, -0.2) is 24.5 Å². The van der Waals surface area contributed by atoms with E-state index in [1.165, 1.54) is 22.4 Å². The lowest BCUT2D eigenvalue weighted by Crippen LogP contribution is -2.30. The van der Waals surface area contributed by atoms with Gasteiger partial charge in [0.2, 0.25) is 0 Å². The van der Waals surface area contributed by atoms with Crippen molar-refractivity contribution >= 4 is 5.69 Å². The molecule has 2 aromatic carbocycles. The first kappa shape index (κ1) is 14.2. The summed E-state index contributed by atoms with van der Waals surface area (Å²) in [5.41, 5.74) is 5.63. The number of fused-ring (bicyclic) bond motifs is 1. The van der Waals surface area contributed by atoms with Crippen molar-refractivity contribution in [2.75, 3.05) is 18.9 Å². The third-order valence-corrected chi connectivity index (χ3v) is 4.44. The van der Waals surface area contributed by atoms with E-state index in [9.17, 15) is 0 Å². The van der Waals surface area contributed by atoms with Gasteiger partial charge >= 0.3 is 0 Å². The molecule has 1 heterocycles. The number of benzene rings is 2. The summed E-state index contributed by atoms with van der Waals surface area (Å²) in [7, 11) is 2.21. The van der Waals surface area contributed by atoms with Crippen LogP contribution in [0, 0.1) is 0 Å². The van der Waals surface area contributed by atoms with Crippen LogP contribution in [0.4, 0.5) is 5.69 Å². The predicted octanol–water partition coefficient (Wildman–Crippen LogP) is 3.72. The molecule has 0 radical (unpaired) electrons. The fraction of sp³-hybridized carbons (Fsp3) is 0.368. The van der Waals surface area contributed by atoms with Crippen LogP contribution in [-0.2, 0) is 19.4 Å². The van der Waals surface area contributed by atoms with Gasteiger partial charge in [0.15, 0.2) is 0 Å². The van der Waals surface area contributed by atoms with Crippen molar-refractivity contribution in [1.82, 2.24) is 4.90 Å². The molecule has 0 amide bonds. The Morgan fingerprint density at radius 3 is 2.71 bits per heavy atom. The molecule has 1 unspecified atom stereocenters. The van der Waals surface area contributed by atoms with Crippen LogP contribution in [0.15, 0.2) is 48.5 Å². The number of anilines is 1. The van der Waals surface area contributed by atoms with E-state index in [0.717, 1.165) is 25.9 Å². The maximum absolute atomic E-state index is 3.43. The van der Waals surface area contributed by atoms with Gasteiger partial charge in [-0.3, -0.25) is 4.90 Å². The molecule has 2 nitrogen and oxygen atoms in total. The maximum Gasteiger partial charge on any atom is 0.0373 e. The SMILES string of the molecule is CC(Cc1ccc2c(c1)CCN2)N(C)Cc1ccccc1. The molecular weight excluding hydrogens is 256 g/mol. The normalized spacial score (nSPS) is 14.8. The first-order valence-electron chi connectivity index (χ1n) is 7.82. The lowest BCUT2D eigenvalue weighted by atomic mass is 10.0. The van der Waals surface area contributed by atoms with Crippen molar-refractivity contribution in [2.45, 2.75) is 32.4 Å². The third-order valence-electron chi connectivity index (χ3n) is 4.44. The van der Waals surface area contributed by atoms with Crippen LogP contribution in [0.25, 0.3) is 0 Å². The molecule has 2 aromatic rings. The van der Waals surface area contributed by atoms with Crippen molar-refractivity contribution in [3.05, 3.63) is 65.2 Å². The van der Waals surface area contributed by atoms with Gasteiger partial charge in [-0.25, -0.2) is 0 Å². The number of hydrogen-bond acceptors (Lipinski definition) is 2. The molecule has 0 aromatic heterocycles. The zero-order valence-corrected chi connectivity index (χ0v) is 13.0. The molecule has 110 valence electrons. The third kappa shape index (κ3) is 3.45. The van der Waals surface area contributed by atoms with E-state index in [1.54, 1.807) is 0 Å². The molecule has 1 aliphatic heterocycles. The van der Waals surface area contributed by atoms with Gasteiger partial charge in [0.1, 0.15) is 0 Å². The van der Waals surface area contributed by atoms with Gasteiger partial charge in [0, 0.05) is 24.8 Å². The average molecular weight is 280 g/mol. The minimum Gasteiger partial charge on any atom is -0.384 e. The summed E-state index contributed by atoms with van der Waals surface area (Å²) in [6, 6.07) is 18.1. The Kier molecular flexibility index (Phi) is 4.26. The lowest BCUT2D eigenvalue weighted by molar-refractivity contribution is 0.248. The first-order chi connectivity index (χ1) is 10.2. The molecule has 3 rings (SSSR count).